The third kappa shape index (κ3) is 4.47. The van der Waals surface area contributed by atoms with Crippen LogP contribution in [0.2, 0.25) is 0 Å². The molecule has 0 aliphatic carbocycles. The summed E-state index contributed by atoms with van der Waals surface area (Å²) in [7, 11) is 3.43. The van der Waals surface area contributed by atoms with Crippen molar-refractivity contribution in [2.45, 2.75) is 6.10 Å². The molecule has 1 atom stereocenters. The van der Waals surface area contributed by atoms with Gasteiger partial charge in [-0.15, -0.1) is 0 Å². The molecule has 5 heteroatoms. The Balaban J connectivity index is 2.68. The molecule has 16 heavy (non-hydrogen) atoms. The molecule has 0 radical (unpaired) electrons. The minimum atomic E-state index is -0.329. The summed E-state index contributed by atoms with van der Waals surface area (Å²) >= 11 is 3.21. The van der Waals surface area contributed by atoms with E-state index in [-0.39, 0.29) is 11.9 Å². The van der Waals surface area contributed by atoms with E-state index in [1.807, 2.05) is 7.05 Å². The van der Waals surface area contributed by atoms with Crippen molar-refractivity contribution in [2.24, 2.45) is 0 Å². The van der Waals surface area contributed by atoms with Crippen LogP contribution in [0.25, 0.3) is 0 Å². The van der Waals surface area contributed by atoms with Crippen molar-refractivity contribution in [2.75, 3.05) is 27.3 Å². The molecule has 90 valence electrons. The zero-order valence-electron chi connectivity index (χ0n) is 9.30. The van der Waals surface area contributed by atoms with Gasteiger partial charge in [0.2, 0.25) is 0 Å². The second kappa shape index (κ2) is 6.83. The van der Waals surface area contributed by atoms with Crippen LogP contribution in [0.4, 0.5) is 4.39 Å². The van der Waals surface area contributed by atoms with Gasteiger partial charge in [0, 0.05) is 24.2 Å². The molecule has 0 saturated heterocycles. The predicted molar refractivity (Wildman–Crippen MR) is 64.3 cm³/mol. The molecule has 1 aromatic carbocycles. The molecule has 0 aliphatic heterocycles. The van der Waals surface area contributed by atoms with Crippen molar-refractivity contribution < 1.29 is 13.9 Å². The summed E-state index contributed by atoms with van der Waals surface area (Å²) < 4.78 is 24.4. The van der Waals surface area contributed by atoms with E-state index in [4.69, 9.17) is 9.47 Å². The summed E-state index contributed by atoms with van der Waals surface area (Å²) in [5.74, 6) is 0.161. The smallest absolute Gasteiger partial charge is 0.134 e. The first-order valence-electron chi connectivity index (χ1n) is 4.92. The van der Waals surface area contributed by atoms with Crippen molar-refractivity contribution in [1.29, 1.82) is 0 Å². The second-order valence-corrected chi connectivity index (χ2v) is 4.27. The van der Waals surface area contributed by atoms with Crippen LogP contribution in [-0.2, 0) is 4.74 Å². The van der Waals surface area contributed by atoms with Gasteiger partial charge in [0.1, 0.15) is 17.7 Å². The van der Waals surface area contributed by atoms with Gasteiger partial charge in [-0.1, -0.05) is 15.9 Å². The number of hydrogen-bond donors (Lipinski definition) is 1. The monoisotopic (exact) mass is 291 g/mol. The zero-order valence-corrected chi connectivity index (χ0v) is 10.9. The van der Waals surface area contributed by atoms with E-state index in [1.165, 1.54) is 12.1 Å². The zero-order chi connectivity index (χ0) is 12.0. The first kappa shape index (κ1) is 13.4. The fourth-order valence-electron chi connectivity index (χ4n) is 1.34. The minimum absolute atomic E-state index is 0.135. The lowest BCUT2D eigenvalue weighted by molar-refractivity contribution is 0.0816. The fourth-order valence-corrected chi connectivity index (χ4v) is 1.78. The van der Waals surface area contributed by atoms with Crippen LogP contribution in [0.15, 0.2) is 22.7 Å². The van der Waals surface area contributed by atoms with E-state index < -0.39 is 0 Å². The summed E-state index contributed by atoms with van der Waals surface area (Å²) in [5, 5.41) is 2.99. The number of hydrogen-bond acceptors (Lipinski definition) is 3. The van der Waals surface area contributed by atoms with E-state index >= 15 is 0 Å². The Kier molecular flexibility index (Phi) is 5.73. The maximum atomic E-state index is 13.1. The summed E-state index contributed by atoms with van der Waals surface area (Å²) in [5.41, 5.74) is 0. The molecule has 1 unspecified atom stereocenters. The van der Waals surface area contributed by atoms with Gasteiger partial charge < -0.3 is 14.8 Å². The van der Waals surface area contributed by atoms with Crippen molar-refractivity contribution in [3.63, 3.8) is 0 Å². The number of rotatable bonds is 6. The van der Waals surface area contributed by atoms with Gasteiger partial charge >= 0.3 is 0 Å². The number of ether oxygens (including phenoxy) is 2. The van der Waals surface area contributed by atoms with Crippen molar-refractivity contribution >= 4 is 15.9 Å². The van der Waals surface area contributed by atoms with Gasteiger partial charge in [0.15, 0.2) is 0 Å². The second-order valence-electron chi connectivity index (χ2n) is 3.36. The SMILES string of the molecule is CNCC(COC)Oc1cc(F)cc(Br)c1. The average molecular weight is 292 g/mol. The number of halogens is 2. The Labute approximate surface area is 103 Å². The Bertz CT molecular complexity index is 310. The van der Waals surface area contributed by atoms with Crippen molar-refractivity contribution in [3.8, 4) is 5.75 Å². The number of likely N-dealkylation sites (N-methyl/N-ethyl adjacent to an activating group) is 1. The molecule has 0 fully saturated rings. The van der Waals surface area contributed by atoms with Crippen LogP contribution < -0.4 is 10.1 Å². The molecule has 1 aromatic rings. The van der Waals surface area contributed by atoms with Gasteiger partial charge in [-0.05, 0) is 19.2 Å². The predicted octanol–water partition coefficient (Wildman–Crippen LogP) is 2.20. The van der Waals surface area contributed by atoms with Gasteiger partial charge in [-0.2, -0.15) is 0 Å². The van der Waals surface area contributed by atoms with Crippen molar-refractivity contribution in [1.82, 2.24) is 5.32 Å². The minimum Gasteiger partial charge on any atom is -0.487 e. The fraction of sp³-hybridized carbons (Fsp3) is 0.455. The highest BCUT2D eigenvalue weighted by molar-refractivity contribution is 9.10. The summed E-state index contributed by atoms with van der Waals surface area (Å²) in [6.07, 6.45) is -0.135. The van der Waals surface area contributed by atoms with Gasteiger partial charge in [0.25, 0.3) is 0 Å². The van der Waals surface area contributed by atoms with Crippen LogP contribution in [0.3, 0.4) is 0 Å². The molecular weight excluding hydrogens is 277 g/mol. The lowest BCUT2D eigenvalue weighted by Crippen LogP contribution is -2.33. The average Bonchev–Trinajstić information content (AvgIpc) is 2.16. The summed E-state index contributed by atoms with van der Waals surface area (Å²) in [6, 6.07) is 4.46. The number of nitrogens with one attached hydrogen (secondary N) is 1. The van der Waals surface area contributed by atoms with E-state index in [1.54, 1.807) is 13.2 Å². The lowest BCUT2D eigenvalue weighted by atomic mass is 10.3. The molecule has 1 N–H and O–H groups in total. The molecule has 0 saturated carbocycles. The van der Waals surface area contributed by atoms with Crippen LogP contribution in [0.1, 0.15) is 0 Å². The number of benzene rings is 1. The number of methoxy groups -OCH3 is 1. The maximum absolute atomic E-state index is 13.1. The van der Waals surface area contributed by atoms with E-state index in [9.17, 15) is 4.39 Å². The van der Waals surface area contributed by atoms with Crippen LogP contribution in [-0.4, -0.2) is 33.4 Å². The molecular formula is C11H15BrFNO2. The van der Waals surface area contributed by atoms with Crippen LogP contribution >= 0.6 is 15.9 Å². The molecule has 0 aromatic heterocycles. The third-order valence-corrected chi connectivity index (χ3v) is 2.38. The standard InChI is InChI=1S/C11H15BrFNO2/c1-14-6-11(7-15-2)16-10-4-8(12)3-9(13)5-10/h3-5,11,14H,6-7H2,1-2H3. The Morgan fingerprint density at radius 2 is 2.19 bits per heavy atom. The largest absolute Gasteiger partial charge is 0.487 e. The summed E-state index contributed by atoms with van der Waals surface area (Å²) in [4.78, 5) is 0. The molecule has 0 aliphatic rings. The first-order valence-corrected chi connectivity index (χ1v) is 5.71. The highest BCUT2D eigenvalue weighted by Crippen LogP contribution is 2.21. The highest BCUT2D eigenvalue weighted by Gasteiger charge is 2.10. The van der Waals surface area contributed by atoms with E-state index in [0.29, 0.717) is 23.4 Å². The molecule has 3 nitrogen and oxygen atoms in total. The van der Waals surface area contributed by atoms with Crippen LogP contribution in [0.5, 0.6) is 5.75 Å². The third-order valence-electron chi connectivity index (χ3n) is 1.92. The normalized spacial score (nSPS) is 12.5. The van der Waals surface area contributed by atoms with Gasteiger partial charge in [-0.3, -0.25) is 0 Å². The first-order chi connectivity index (χ1) is 7.65. The quantitative estimate of drug-likeness (QED) is 0.872. The van der Waals surface area contributed by atoms with Crippen LogP contribution in [0, 0.1) is 5.82 Å². The van der Waals surface area contributed by atoms with Gasteiger partial charge in [-0.25, -0.2) is 4.39 Å². The van der Waals surface area contributed by atoms with E-state index in [0.717, 1.165) is 0 Å². The van der Waals surface area contributed by atoms with Crippen molar-refractivity contribution in [3.05, 3.63) is 28.5 Å². The maximum Gasteiger partial charge on any atom is 0.134 e. The Hall–Kier alpha value is -0.650. The Morgan fingerprint density at radius 3 is 2.75 bits per heavy atom. The highest BCUT2D eigenvalue weighted by atomic mass is 79.9. The van der Waals surface area contributed by atoms with E-state index in [2.05, 4.69) is 21.2 Å². The summed E-state index contributed by atoms with van der Waals surface area (Å²) in [6.45, 7) is 1.09. The molecule has 0 spiro atoms. The molecule has 0 bridgehead atoms. The molecule has 0 amide bonds. The Morgan fingerprint density at radius 1 is 1.44 bits per heavy atom. The topological polar surface area (TPSA) is 30.5 Å². The van der Waals surface area contributed by atoms with Gasteiger partial charge in [0.05, 0.1) is 6.61 Å². The molecule has 0 heterocycles. The lowest BCUT2D eigenvalue weighted by Gasteiger charge is -2.18. The molecule has 1 rings (SSSR count).